The molecule has 2 aromatic rings. The number of hydrogen-bond acceptors (Lipinski definition) is 4. The van der Waals surface area contributed by atoms with Crippen molar-refractivity contribution in [1.82, 2.24) is 15.2 Å². The molecular weight excluding hydrogens is 447 g/mol. The first-order valence-electron chi connectivity index (χ1n) is 8.47. The summed E-state index contributed by atoms with van der Waals surface area (Å²) in [5.41, 5.74) is 2.25. The Kier molecular flexibility index (Phi) is 8.11. The molecule has 0 bridgehead atoms. The van der Waals surface area contributed by atoms with Gasteiger partial charge in [0, 0.05) is 43.5 Å². The first-order valence-corrected chi connectivity index (χ1v) is 9.35. The van der Waals surface area contributed by atoms with Crippen molar-refractivity contribution in [3.8, 4) is 10.6 Å². The lowest BCUT2D eigenvalue weighted by molar-refractivity contribution is 0.188. The Morgan fingerprint density at radius 1 is 1.40 bits per heavy atom. The SMILES string of the molecule is CCNC(=NCCc1csc(-c2ccccc2)n1)N1CC[C@@H](O)C1.I. The van der Waals surface area contributed by atoms with Gasteiger partial charge in [0.05, 0.1) is 11.8 Å². The number of rotatable bonds is 5. The Bertz CT molecular complexity index is 677. The average molecular weight is 472 g/mol. The van der Waals surface area contributed by atoms with Gasteiger partial charge in [-0.3, -0.25) is 4.99 Å². The first-order chi connectivity index (χ1) is 11.8. The van der Waals surface area contributed by atoms with E-state index in [1.165, 1.54) is 0 Å². The van der Waals surface area contributed by atoms with E-state index in [-0.39, 0.29) is 30.1 Å². The van der Waals surface area contributed by atoms with E-state index in [1.54, 1.807) is 11.3 Å². The third-order valence-electron chi connectivity index (χ3n) is 4.00. The van der Waals surface area contributed by atoms with Crippen LogP contribution in [0, 0.1) is 0 Å². The van der Waals surface area contributed by atoms with Gasteiger partial charge in [-0.15, -0.1) is 35.3 Å². The van der Waals surface area contributed by atoms with Gasteiger partial charge in [0.2, 0.25) is 0 Å². The van der Waals surface area contributed by atoms with Gasteiger partial charge < -0.3 is 15.3 Å². The number of aliphatic imine (C=N–C) groups is 1. The second kappa shape index (κ2) is 10.1. The van der Waals surface area contributed by atoms with Crippen molar-refractivity contribution in [2.24, 2.45) is 4.99 Å². The number of nitrogens with zero attached hydrogens (tertiary/aromatic N) is 3. The largest absolute Gasteiger partial charge is 0.391 e. The molecule has 1 aromatic carbocycles. The highest BCUT2D eigenvalue weighted by Crippen LogP contribution is 2.23. The van der Waals surface area contributed by atoms with Crippen molar-refractivity contribution in [2.75, 3.05) is 26.2 Å². The van der Waals surface area contributed by atoms with Crippen molar-refractivity contribution in [3.63, 3.8) is 0 Å². The fourth-order valence-corrected chi connectivity index (χ4v) is 3.63. The van der Waals surface area contributed by atoms with Crippen molar-refractivity contribution in [2.45, 2.75) is 25.9 Å². The predicted molar refractivity (Wildman–Crippen MR) is 115 cm³/mol. The summed E-state index contributed by atoms with van der Waals surface area (Å²) >= 11 is 1.68. The highest BCUT2D eigenvalue weighted by Gasteiger charge is 2.22. The number of benzene rings is 1. The van der Waals surface area contributed by atoms with Crippen LogP contribution >= 0.6 is 35.3 Å². The van der Waals surface area contributed by atoms with Gasteiger partial charge in [0.15, 0.2) is 5.96 Å². The molecule has 1 atom stereocenters. The van der Waals surface area contributed by atoms with E-state index >= 15 is 0 Å². The van der Waals surface area contributed by atoms with Crippen LogP contribution in [0.2, 0.25) is 0 Å². The number of aromatic nitrogens is 1. The molecule has 1 saturated heterocycles. The highest BCUT2D eigenvalue weighted by atomic mass is 127. The number of halogens is 1. The minimum Gasteiger partial charge on any atom is -0.391 e. The number of β-amino-alcohol motifs (C(OH)–C–C–N with tert-alkyl or cyclic N) is 1. The van der Waals surface area contributed by atoms with E-state index in [0.717, 1.165) is 48.2 Å². The highest BCUT2D eigenvalue weighted by molar-refractivity contribution is 14.0. The summed E-state index contributed by atoms with van der Waals surface area (Å²) in [6.07, 6.45) is 1.41. The lowest BCUT2D eigenvalue weighted by Gasteiger charge is -2.20. The molecule has 0 aliphatic carbocycles. The normalized spacial score (nSPS) is 17.4. The molecule has 2 heterocycles. The molecule has 1 aliphatic rings. The minimum atomic E-state index is -0.235. The number of aliphatic hydroxyl groups is 1. The van der Waals surface area contributed by atoms with Gasteiger partial charge >= 0.3 is 0 Å². The van der Waals surface area contributed by atoms with Crippen molar-refractivity contribution in [3.05, 3.63) is 41.4 Å². The Balaban J connectivity index is 0.00000225. The van der Waals surface area contributed by atoms with Gasteiger partial charge in [-0.25, -0.2) is 4.98 Å². The number of nitrogens with one attached hydrogen (secondary N) is 1. The molecule has 1 fully saturated rings. The van der Waals surface area contributed by atoms with Crippen LogP contribution in [0.15, 0.2) is 40.7 Å². The van der Waals surface area contributed by atoms with E-state index in [9.17, 15) is 5.11 Å². The van der Waals surface area contributed by atoms with Crippen LogP contribution in [0.25, 0.3) is 10.6 Å². The van der Waals surface area contributed by atoms with Crippen LogP contribution in [0.3, 0.4) is 0 Å². The van der Waals surface area contributed by atoms with Crippen LogP contribution in [0.5, 0.6) is 0 Å². The number of likely N-dealkylation sites (tertiary alicyclic amines) is 1. The smallest absolute Gasteiger partial charge is 0.194 e. The van der Waals surface area contributed by atoms with Crippen molar-refractivity contribution >= 4 is 41.3 Å². The first kappa shape index (κ1) is 20.1. The van der Waals surface area contributed by atoms with Crippen LogP contribution in [0.4, 0.5) is 0 Å². The maximum absolute atomic E-state index is 9.70. The maximum atomic E-state index is 9.70. The summed E-state index contributed by atoms with van der Waals surface area (Å²) in [6, 6.07) is 10.3. The van der Waals surface area contributed by atoms with E-state index in [4.69, 9.17) is 9.98 Å². The van der Waals surface area contributed by atoms with Crippen molar-refractivity contribution < 1.29 is 5.11 Å². The second-order valence-corrected chi connectivity index (χ2v) is 6.74. The summed E-state index contributed by atoms with van der Waals surface area (Å²) in [5, 5.41) is 16.2. The molecule has 0 spiro atoms. The molecule has 0 amide bonds. The Labute approximate surface area is 170 Å². The second-order valence-electron chi connectivity index (χ2n) is 5.88. The predicted octanol–water partition coefficient (Wildman–Crippen LogP) is 3.00. The van der Waals surface area contributed by atoms with Crippen LogP contribution in [-0.2, 0) is 6.42 Å². The van der Waals surface area contributed by atoms with Crippen LogP contribution in [0.1, 0.15) is 19.0 Å². The summed E-state index contributed by atoms with van der Waals surface area (Å²) in [6.45, 7) is 5.13. The standard InChI is InChI=1S/C18H24N4OS.HI/c1-2-19-18(22-11-9-16(23)12-22)20-10-8-15-13-24-17(21-15)14-6-4-3-5-7-14;/h3-7,13,16,23H,2,8-12H2,1H3,(H,19,20);1H/t16-;/m1./s1. The Hall–Kier alpha value is -1.19. The van der Waals surface area contributed by atoms with Crippen LogP contribution < -0.4 is 5.32 Å². The van der Waals surface area contributed by atoms with E-state index in [2.05, 4.69) is 34.7 Å². The molecule has 1 aliphatic heterocycles. The quantitative estimate of drug-likeness (QED) is 0.399. The third kappa shape index (κ3) is 5.65. The van der Waals surface area contributed by atoms with E-state index < -0.39 is 0 Å². The molecule has 7 heteroatoms. The summed E-state index contributed by atoms with van der Waals surface area (Å²) in [7, 11) is 0. The summed E-state index contributed by atoms with van der Waals surface area (Å²) < 4.78 is 0. The van der Waals surface area contributed by atoms with Crippen LogP contribution in [-0.4, -0.2) is 53.2 Å². The van der Waals surface area contributed by atoms with Gasteiger partial charge in [-0.2, -0.15) is 0 Å². The van der Waals surface area contributed by atoms with Gasteiger partial charge in [0.1, 0.15) is 5.01 Å². The Morgan fingerprint density at radius 2 is 2.20 bits per heavy atom. The molecule has 2 N–H and O–H groups in total. The average Bonchev–Trinajstić information content (AvgIpc) is 3.24. The molecule has 136 valence electrons. The monoisotopic (exact) mass is 472 g/mol. The molecule has 5 nitrogen and oxygen atoms in total. The zero-order valence-corrected chi connectivity index (χ0v) is 17.5. The molecule has 3 rings (SSSR count). The van der Waals surface area contributed by atoms with Gasteiger partial charge in [-0.05, 0) is 13.3 Å². The zero-order chi connectivity index (χ0) is 16.8. The zero-order valence-electron chi connectivity index (χ0n) is 14.4. The molecule has 25 heavy (non-hydrogen) atoms. The molecule has 0 unspecified atom stereocenters. The number of aliphatic hydroxyl groups excluding tert-OH is 1. The molecule has 1 aromatic heterocycles. The van der Waals surface area contributed by atoms with E-state index in [1.807, 2.05) is 18.2 Å². The fourth-order valence-electron chi connectivity index (χ4n) is 2.77. The number of guanidine groups is 1. The molecule has 0 radical (unpaired) electrons. The van der Waals surface area contributed by atoms with E-state index in [0.29, 0.717) is 13.1 Å². The Morgan fingerprint density at radius 3 is 2.88 bits per heavy atom. The summed E-state index contributed by atoms with van der Waals surface area (Å²) in [5.74, 6) is 0.896. The van der Waals surface area contributed by atoms with Gasteiger partial charge in [0.25, 0.3) is 0 Å². The number of hydrogen-bond donors (Lipinski definition) is 2. The third-order valence-corrected chi connectivity index (χ3v) is 4.94. The van der Waals surface area contributed by atoms with Crippen molar-refractivity contribution in [1.29, 1.82) is 0 Å². The lowest BCUT2D eigenvalue weighted by atomic mass is 10.2. The van der Waals surface area contributed by atoms with Gasteiger partial charge in [-0.1, -0.05) is 30.3 Å². The topological polar surface area (TPSA) is 60.8 Å². The minimum absolute atomic E-state index is 0. The molecule has 0 saturated carbocycles. The number of thiazole rings is 1. The maximum Gasteiger partial charge on any atom is 0.194 e. The lowest BCUT2D eigenvalue weighted by Crippen LogP contribution is -2.40. The molecular formula is C18H25IN4OS. The summed E-state index contributed by atoms with van der Waals surface area (Å²) in [4.78, 5) is 11.5. The fraction of sp³-hybridized carbons (Fsp3) is 0.444.